The number of nitro benzene ring substituents is 1. The normalized spacial score (nSPS) is 11.3. The van der Waals surface area contributed by atoms with Crippen LogP contribution in [0.5, 0.6) is 0 Å². The van der Waals surface area contributed by atoms with Gasteiger partial charge < -0.3 is 0 Å². The van der Waals surface area contributed by atoms with E-state index in [1.54, 1.807) is 19.1 Å². The molecule has 92 valence electrons. The van der Waals surface area contributed by atoms with Gasteiger partial charge in [-0.1, -0.05) is 32.9 Å². The van der Waals surface area contributed by atoms with Crippen molar-refractivity contribution in [1.29, 1.82) is 0 Å². The molecular formula is C13H17NO3. The van der Waals surface area contributed by atoms with E-state index in [2.05, 4.69) is 0 Å². The maximum absolute atomic E-state index is 11.9. The molecule has 0 saturated carbocycles. The Morgan fingerprint density at radius 1 is 1.35 bits per heavy atom. The molecule has 17 heavy (non-hydrogen) atoms. The van der Waals surface area contributed by atoms with Crippen molar-refractivity contribution in [3.63, 3.8) is 0 Å². The highest BCUT2D eigenvalue weighted by atomic mass is 16.6. The first-order valence-corrected chi connectivity index (χ1v) is 5.49. The molecule has 0 heterocycles. The fraction of sp³-hybridized carbons (Fsp3) is 0.462. The lowest BCUT2D eigenvalue weighted by Gasteiger charge is -2.17. The first-order chi connectivity index (χ1) is 7.73. The van der Waals surface area contributed by atoms with E-state index in [4.69, 9.17) is 0 Å². The summed E-state index contributed by atoms with van der Waals surface area (Å²) in [5.41, 5.74) is 0.868. The summed E-state index contributed by atoms with van der Waals surface area (Å²) in [5, 5.41) is 10.9. The number of hydrogen-bond acceptors (Lipinski definition) is 3. The number of aryl methyl sites for hydroxylation is 1. The highest BCUT2D eigenvalue weighted by Gasteiger charge is 2.25. The van der Waals surface area contributed by atoms with Crippen molar-refractivity contribution in [2.24, 2.45) is 5.41 Å². The molecule has 0 fully saturated rings. The number of carbonyl (C=O) groups excluding carboxylic acids is 1. The van der Waals surface area contributed by atoms with Gasteiger partial charge in [0.05, 0.1) is 4.92 Å². The van der Waals surface area contributed by atoms with E-state index in [9.17, 15) is 14.9 Å². The summed E-state index contributed by atoms with van der Waals surface area (Å²) in [5.74, 6) is 0.00917. The molecule has 0 aromatic heterocycles. The molecule has 0 amide bonds. The average Bonchev–Trinajstić information content (AvgIpc) is 2.18. The molecule has 0 atom stereocenters. The largest absolute Gasteiger partial charge is 0.299 e. The maximum Gasteiger partial charge on any atom is 0.273 e. The monoisotopic (exact) mass is 235 g/mol. The van der Waals surface area contributed by atoms with Gasteiger partial charge in [-0.15, -0.1) is 0 Å². The van der Waals surface area contributed by atoms with Gasteiger partial charge in [0.15, 0.2) is 0 Å². The number of benzene rings is 1. The molecule has 0 unspecified atom stereocenters. The summed E-state index contributed by atoms with van der Waals surface area (Å²) in [6, 6.07) is 4.87. The third-order valence-corrected chi connectivity index (χ3v) is 2.76. The average molecular weight is 235 g/mol. The van der Waals surface area contributed by atoms with Gasteiger partial charge in [0.1, 0.15) is 5.78 Å². The van der Waals surface area contributed by atoms with Crippen molar-refractivity contribution < 1.29 is 9.72 Å². The van der Waals surface area contributed by atoms with Crippen LogP contribution in [0.4, 0.5) is 5.69 Å². The molecule has 1 aromatic carbocycles. The second-order valence-electron chi connectivity index (χ2n) is 5.18. The number of Topliss-reactive ketones (excluding diaryl/α,β-unsaturated/α-hetero) is 1. The molecule has 4 heteroatoms. The number of rotatable bonds is 3. The summed E-state index contributed by atoms with van der Waals surface area (Å²) in [6.07, 6.45) is 0.118. The zero-order valence-corrected chi connectivity index (χ0v) is 10.6. The van der Waals surface area contributed by atoms with Crippen molar-refractivity contribution in [3.05, 3.63) is 39.4 Å². The predicted octanol–water partition coefficient (Wildman–Crippen LogP) is 3.06. The molecule has 1 aromatic rings. The van der Waals surface area contributed by atoms with Crippen LogP contribution in [0.1, 0.15) is 31.9 Å². The Hall–Kier alpha value is -1.71. The smallest absolute Gasteiger partial charge is 0.273 e. The molecule has 4 nitrogen and oxygen atoms in total. The topological polar surface area (TPSA) is 60.2 Å². The predicted molar refractivity (Wildman–Crippen MR) is 66.0 cm³/mol. The van der Waals surface area contributed by atoms with Crippen LogP contribution in [0.2, 0.25) is 0 Å². The van der Waals surface area contributed by atoms with Crippen molar-refractivity contribution in [2.45, 2.75) is 34.1 Å². The summed E-state index contributed by atoms with van der Waals surface area (Å²) >= 11 is 0. The van der Waals surface area contributed by atoms with Crippen molar-refractivity contribution >= 4 is 11.5 Å². The van der Waals surface area contributed by atoms with Crippen LogP contribution in [0.25, 0.3) is 0 Å². The zero-order chi connectivity index (χ0) is 13.2. The Kier molecular flexibility index (Phi) is 3.66. The van der Waals surface area contributed by atoms with E-state index in [-0.39, 0.29) is 17.9 Å². The highest BCUT2D eigenvalue weighted by Crippen LogP contribution is 2.26. The van der Waals surface area contributed by atoms with Crippen molar-refractivity contribution in [3.8, 4) is 0 Å². The molecule has 0 bridgehead atoms. The van der Waals surface area contributed by atoms with E-state index < -0.39 is 10.3 Å². The number of nitro groups is 1. The van der Waals surface area contributed by atoms with Gasteiger partial charge in [-0.2, -0.15) is 0 Å². The van der Waals surface area contributed by atoms with Gasteiger partial charge >= 0.3 is 0 Å². The first-order valence-electron chi connectivity index (χ1n) is 5.49. The van der Waals surface area contributed by atoms with Crippen LogP contribution in [0, 0.1) is 22.5 Å². The Morgan fingerprint density at radius 2 is 1.94 bits per heavy atom. The fourth-order valence-corrected chi connectivity index (χ4v) is 1.51. The van der Waals surface area contributed by atoms with Crippen LogP contribution in [-0.2, 0) is 11.2 Å². The molecule has 1 rings (SSSR count). The van der Waals surface area contributed by atoms with Gasteiger partial charge in [-0.3, -0.25) is 14.9 Å². The Balaban J connectivity index is 3.14. The maximum atomic E-state index is 11.9. The Labute approximate surface area is 101 Å². The summed E-state index contributed by atoms with van der Waals surface area (Å²) in [4.78, 5) is 22.4. The molecule has 0 aliphatic heterocycles. The molecule has 0 aliphatic carbocycles. The standard InChI is InChI=1S/C13H17NO3/c1-9-6-5-7-11(14(16)17)10(9)8-12(15)13(2,3)4/h5-7H,8H2,1-4H3. The molecule has 0 aliphatic rings. The second-order valence-corrected chi connectivity index (χ2v) is 5.18. The SMILES string of the molecule is Cc1cccc([N+](=O)[O-])c1CC(=O)C(C)(C)C. The molecule has 0 N–H and O–H groups in total. The number of carbonyl (C=O) groups is 1. The van der Waals surface area contributed by atoms with E-state index in [1.165, 1.54) is 6.07 Å². The van der Waals surface area contributed by atoms with Gasteiger partial charge in [0.25, 0.3) is 5.69 Å². The first kappa shape index (κ1) is 13.4. The van der Waals surface area contributed by atoms with Crippen LogP contribution >= 0.6 is 0 Å². The molecule has 0 radical (unpaired) electrons. The van der Waals surface area contributed by atoms with E-state index in [1.807, 2.05) is 20.8 Å². The quantitative estimate of drug-likeness (QED) is 0.597. The van der Waals surface area contributed by atoms with Crippen molar-refractivity contribution in [1.82, 2.24) is 0 Å². The molecular weight excluding hydrogens is 218 g/mol. The molecule has 0 spiro atoms. The number of nitrogens with zero attached hydrogens (tertiary/aromatic N) is 1. The summed E-state index contributed by atoms with van der Waals surface area (Å²) in [7, 11) is 0. The zero-order valence-electron chi connectivity index (χ0n) is 10.6. The van der Waals surface area contributed by atoms with Gasteiger partial charge in [-0.05, 0) is 12.5 Å². The van der Waals surface area contributed by atoms with Gasteiger partial charge in [0.2, 0.25) is 0 Å². The van der Waals surface area contributed by atoms with Gasteiger partial charge in [0, 0.05) is 23.5 Å². The summed E-state index contributed by atoms with van der Waals surface area (Å²) in [6.45, 7) is 7.25. The minimum absolute atomic E-state index is 0.00917. The van der Waals surface area contributed by atoms with E-state index in [0.717, 1.165) is 5.56 Å². The van der Waals surface area contributed by atoms with Gasteiger partial charge in [-0.25, -0.2) is 0 Å². The van der Waals surface area contributed by atoms with E-state index >= 15 is 0 Å². The second kappa shape index (κ2) is 4.65. The van der Waals surface area contributed by atoms with E-state index in [0.29, 0.717) is 5.56 Å². The minimum Gasteiger partial charge on any atom is -0.299 e. The lowest BCUT2D eigenvalue weighted by molar-refractivity contribution is -0.385. The van der Waals surface area contributed by atoms with Crippen molar-refractivity contribution in [2.75, 3.05) is 0 Å². The lowest BCUT2D eigenvalue weighted by Crippen LogP contribution is -2.22. The third kappa shape index (κ3) is 3.12. The highest BCUT2D eigenvalue weighted by molar-refractivity contribution is 5.86. The Morgan fingerprint density at radius 3 is 2.41 bits per heavy atom. The number of hydrogen-bond donors (Lipinski definition) is 0. The van der Waals surface area contributed by atoms with Crippen LogP contribution in [-0.4, -0.2) is 10.7 Å². The third-order valence-electron chi connectivity index (χ3n) is 2.76. The van der Waals surface area contributed by atoms with Crippen LogP contribution < -0.4 is 0 Å². The lowest BCUT2D eigenvalue weighted by atomic mass is 9.86. The number of ketones is 1. The fourth-order valence-electron chi connectivity index (χ4n) is 1.51. The van der Waals surface area contributed by atoms with Crippen LogP contribution in [0.15, 0.2) is 18.2 Å². The Bertz CT molecular complexity index is 458. The summed E-state index contributed by atoms with van der Waals surface area (Å²) < 4.78 is 0. The van der Waals surface area contributed by atoms with Crippen LogP contribution in [0.3, 0.4) is 0 Å². The minimum atomic E-state index is -0.476. The molecule has 0 saturated heterocycles.